The molecule has 0 radical (unpaired) electrons. The van der Waals surface area contributed by atoms with Crippen LogP contribution < -0.4 is 15.0 Å². The average molecular weight is 290 g/mol. The van der Waals surface area contributed by atoms with Crippen molar-refractivity contribution in [3.63, 3.8) is 0 Å². The smallest absolute Gasteiger partial charge is 0.193 e. The molecular formula is C16H26N4O. The van der Waals surface area contributed by atoms with Gasteiger partial charge in [0.1, 0.15) is 5.75 Å². The molecule has 1 heterocycles. The van der Waals surface area contributed by atoms with Crippen molar-refractivity contribution in [2.75, 3.05) is 51.8 Å². The number of nitrogens with zero attached hydrogens (tertiary/aromatic N) is 3. The Balaban J connectivity index is 1.93. The number of piperazine rings is 1. The Morgan fingerprint density at radius 3 is 2.67 bits per heavy atom. The van der Waals surface area contributed by atoms with Crippen LogP contribution in [0.1, 0.15) is 13.3 Å². The number of rotatable bonds is 4. The Morgan fingerprint density at radius 2 is 2.05 bits per heavy atom. The Labute approximate surface area is 127 Å². The minimum Gasteiger partial charge on any atom is -0.497 e. The lowest BCUT2D eigenvalue weighted by Crippen LogP contribution is -2.52. The van der Waals surface area contributed by atoms with Crippen LogP contribution in [0.25, 0.3) is 0 Å². The molecule has 1 aliphatic rings. The summed E-state index contributed by atoms with van der Waals surface area (Å²) in [5.74, 6) is 1.93. The van der Waals surface area contributed by atoms with Crippen LogP contribution in [0.2, 0.25) is 0 Å². The second-order valence-electron chi connectivity index (χ2n) is 5.15. The van der Waals surface area contributed by atoms with E-state index in [1.165, 1.54) is 5.69 Å². The maximum Gasteiger partial charge on any atom is 0.193 e. The van der Waals surface area contributed by atoms with Crippen LogP contribution in [0.3, 0.4) is 0 Å². The fourth-order valence-electron chi connectivity index (χ4n) is 2.55. The summed E-state index contributed by atoms with van der Waals surface area (Å²) < 4.78 is 5.30. The van der Waals surface area contributed by atoms with Crippen molar-refractivity contribution in [1.82, 2.24) is 10.2 Å². The maximum atomic E-state index is 5.30. The molecule has 1 aliphatic heterocycles. The number of guanidine groups is 1. The first kappa shape index (κ1) is 15.5. The molecule has 0 aromatic heterocycles. The predicted octanol–water partition coefficient (Wildman–Crippen LogP) is 1.80. The lowest BCUT2D eigenvalue weighted by molar-refractivity contribution is 0.372. The van der Waals surface area contributed by atoms with Gasteiger partial charge in [-0.3, -0.25) is 4.99 Å². The van der Waals surface area contributed by atoms with Gasteiger partial charge in [0.05, 0.1) is 7.11 Å². The molecule has 1 N–H and O–H groups in total. The van der Waals surface area contributed by atoms with Gasteiger partial charge in [-0.2, -0.15) is 0 Å². The summed E-state index contributed by atoms with van der Waals surface area (Å²) in [6.45, 7) is 7.12. The van der Waals surface area contributed by atoms with Gasteiger partial charge in [-0.1, -0.05) is 13.0 Å². The molecule has 116 valence electrons. The van der Waals surface area contributed by atoms with Crippen LogP contribution >= 0.6 is 0 Å². The minimum atomic E-state index is 0.912. The molecule has 0 spiro atoms. The average Bonchev–Trinajstić information content (AvgIpc) is 2.56. The molecule has 0 aliphatic carbocycles. The Morgan fingerprint density at radius 1 is 1.29 bits per heavy atom. The molecule has 1 fully saturated rings. The number of nitrogens with one attached hydrogen (secondary N) is 1. The summed E-state index contributed by atoms with van der Waals surface area (Å²) in [5, 5.41) is 3.40. The number of anilines is 1. The molecule has 21 heavy (non-hydrogen) atoms. The Bertz CT molecular complexity index is 467. The predicted molar refractivity (Wildman–Crippen MR) is 88.4 cm³/mol. The van der Waals surface area contributed by atoms with Crippen molar-refractivity contribution in [3.05, 3.63) is 24.3 Å². The van der Waals surface area contributed by atoms with E-state index in [-0.39, 0.29) is 0 Å². The number of aliphatic imine (C=N–C) groups is 1. The summed E-state index contributed by atoms with van der Waals surface area (Å²) in [6.07, 6.45) is 1.11. The number of ether oxygens (including phenoxy) is 1. The monoisotopic (exact) mass is 290 g/mol. The first-order valence-electron chi connectivity index (χ1n) is 7.63. The molecule has 1 aromatic carbocycles. The highest BCUT2D eigenvalue weighted by Gasteiger charge is 2.19. The lowest BCUT2D eigenvalue weighted by atomic mass is 10.2. The highest BCUT2D eigenvalue weighted by atomic mass is 16.5. The largest absolute Gasteiger partial charge is 0.497 e. The number of hydrogen-bond donors (Lipinski definition) is 1. The summed E-state index contributed by atoms with van der Waals surface area (Å²) in [7, 11) is 3.56. The van der Waals surface area contributed by atoms with Gasteiger partial charge in [-0.05, 0) is 18.6 Å². The van der Waals surface area contributed by atoms with Gasteiger partial charge >= 0.3 is 0 Å². The number of hydrogen-bond acceptors (Lipinski definition) is 3. The van der Waals surface area contributed by atoms with Crippen LogP contribution in [0.5, 0.6) is 5.75 Å². The molecule has 0 saturated carbocycles. The first-order chi connectivity index (χ1) is 10.3. The third-order valence-corrected chi connectivity index (χ3v) is 3.74. The summed E-state index contributed by atoms with van der Waals surface area (Å²) in [6, 6.07) is 8.26. The van der Waals surface area contributed by atoms with E-state index >= 15 is 0 Å². The van der Waals surface area contributed by atoms with Crippen LogP contribution in [0.4, 0.5) is 5.69 Å². The van der Waals surface area contributed by atoms with E-state index in [2.05, 4.69) is 39.2 Å². The van der Waals surface area contributed by atoms with E-state index in [9.17, 15) is 0 Å². The van der Waals surface area contributed by atoms with Crippen molar-refractivity contribution >= 4 is 11.6 Å². The van der Waals surface area contributed by atoms with Crippen molar-refractivity contribution in [2.24, 2.45) is 4.99 Å². The summed E-state index contributed by atoms with van der Waals surface area (Å²) in [5.41, 5.74) is 1.23. The molecule has 0 bridgehead atoms. The lowest BCUT2D eigenvalue weighted by Gasteiger charge is -2.37. The zero-order valence-electron chi connectivity index (χ0n) is 13.3. The topological polar surface area (TPSA) is 40.1 Å². The van der Waals surface area contributed by atoms with Gasteiger partial charge in [-0.15, -0.1) is 0 Å². The number of methoxy groups -OCH3 is 1. The highest BCUT2D eigenvalue weighted by molar-refractivity contribution is 5.80. The fraction of sp³-hybridized carbons (Fsp3) is 0.562. The van der Waals surface area contributed by atoms with E-state index in [1.54, 1.807) is 7.11 Å². The maximum absolute atomic E-state index is 5.30. The van der Waals surface area contributed by atoms with Crippen LogP contribution in [0, 0.1) is 0 Å². The molecular weight excluding hydrogens is 264 g/mol. The number of benzene rings is 1. The zero-order valence-corrected chi connectivity index (χ0v) is 13.3. The van der Waals surface area contributed by atoms with Gasteiger partial charge in [0.15, 0.2) is 5.96 Å². The van der Waals surface area contributed by atoms with Gasteiger partial charge < -0.3 is 19.9 Å². The molecule has 1 aromatic rings. The second kappa shape index (κ2) is 7.76. The van der Waals surface area contributed by atoms with Gasteiger partial charge in [0.25, 0.3) is 0 Å². The molecule has 2 rings (SSSR count). The standard InChI is InChI=1S/C16H26N4O/c1-4-8-18-16(17-2)20-11-9-19(10-12-20)14-6-5-7-15(13-14)21-3/h5-7,13H,4,8-12H2,1-3H3,(H,17,18). The molecule has 0 atom stereocenters. The van der Waals surface area contributed by atoms with E-state index < -0.39 is 0 Å². The van der Waals surface area contributed by atoms with Crippen LogP contribution in [-0.4, -0.2) is 57.7 Å². The van der Waals surface area contributed by atoms with E-state index in [0.717, 1.165) is 50.9 Å². The summed E-state index contributed by atoms with van der Waals surface area (Å²) >= 11 is 0. The van der Waals surface area contributed by atoms with E-state index in [1.807, 2.05) is 19.2 Å². The molecule has 5 nitrogen and oxygen atoms in total. The molecule has 0 amide bonds. The Hall–Kier alpha value is -1.91. The van der Waals surface area contributed by atoms with Crippen LogP contribution in [-0.2, 0) is 0 Å². The molecule has 0 unspecified atom stereocenters. The van der Waals surface area contributed by atoms with Gasteiger partial charge in [-0.25, -0.2) is 0 Å². The zero-order chi connectivity index (χ0) is 15.1. The van der Waals surface area contributed by atoms with Gasteiger partial charge in [0.2, 0.25) is 0 Å². The minimum absolute atomic E-state index is 0.912. The third kappa shape index (κ3) is 4.03. The normalized spacial score (nSPS) is 16.0. The highest BCUT2D eigenvalue weighted by Crippen LogP contribution is 2.22. The molecule has 5 heteroatoms. The third-order valence-electron chi connectivity index (χ3n) is 3.74. The van der Waals surface area contributed by atoms with Crippen LogP contribution in [0.15, 0.2) is 29.3 Å². The van der Waals surface area contributed by atoms with Crippen molar-refractivity contribution in [3.8, 4) is 5.75 Å². The second-order valence-corrected chi connectivity index (χ2v) is 5.15. The quantitative estimate of drug-likeness (QED) is 0.678. The SMILES string of the molecule is CCCNC(=NC)N1CCN(c2cccc(OC)c2)CC1. The molecule has 1 saturated heterocycles. The summed E-state index contributed by atoms with van der Waals surface area (Å²) in [4.78, 5) is 9.09. The van der Waals surface area contributed by atoms with Crippen molar-refractivity contribution in [1.29, 1.82) is 0 Å². The van der Waals surface area contributed by atoms with Crippen molar-refractivity contribution in [2.45, 2.75) is 13.3 Å². The fourth-order valence-corrected chi connectivity index (χ4v) is 2.55. The van der Waals surface area contributed by atoms with E-state index in [4.69, 9.17) is 4.74 Å². The first-order valence-corrected chi connectivity index (χ1v) is 7.63. The van der Waals surface area contributed by atoms with Gasteiger partial charge in [0, 0.05) is 51.5 Å². The van der Waals surface area contributed by atoms with E-state index in [0.29, 0.717) is 0 Å². The van der Waals surface area contributed by atoms with Crippen molar-refractivity contribution < 1.29 is 4.74 Å². The Kier molecular flexibility index (Phi) is 5.72.